The van der Waals surface area contributed by atoms with E-state index in [0.29, 0.717) is 0 Å². The molecule has 8 aromatic rings. The highest BCUT2D eigenvalue weighted by molar-refractivity contribution is 6.09. The first-order valence-electron chi connectivity index (χ1n) is 20.5. The molecule has 0 amide bonds. The molecule has 0 N–H and O–H groups in total. The van der Waals surface area contributed by atoms with Crippen molar-refractivity contribution < 1.29 is 0 Å². The second kappa shape index (κ2) is 11.6. The summed E-state index contributed by atoms with van der Waals surface area (Å²) in [6, 6.07) is 62.0. The van der Waals surface area contributed by atoms with E-state index in [9.17, 15) is 0 Å². The largest absolute Gasteiger partial charge is 0.0753 e. The molecule has 266 valence electrons. The number of fused-ring (bicyclic) bond motifs is 9. The van der Waals surface area contributed by atoms with Crippen LogP contribution in [-0.4, -0.2) is 0 Å². The summed E-state index contributed by atoms with van der Waals surface area (Å²) in [6.07, 6.45) is 14.2. The third kappa shape index (κ3) is 4.17. The second-order valence-electron chi connectivity index (χ2n) is 16.6. The van der Waals surface area contributed by atoms with Crippen molar-refractivity contribution in [1.82, 2.24) is 0 Å². The first-order chi connectivity index (χ1) is 28.3. The number of rotatable bonds is 3. The highest BCUT2D eigenvalue weighted by Gasteiger charge is 2.54. The molecule has 0 heterocycles. The lowest BCUT2D eigenvalue weighted by molar-refractivity contribution is 0.701. The molecule has 5 aliphatic carbocycles. The normalized spacial score (nSPS) is 20.5. The summed E-state index contributed by atoms with van der Waals surface area (Å²) in [5, 5.41) is 5.55. The molecule has 0 saturated heterocycles. The summed E-state index contributed by atoms with van der Waals surface area (Å²) in [6.45, 7) is 0. The fourth-order valence-corrected chi connectivity index (χ4v) is 11.7. The van der Waals surface area contributed by atoms with E-state index < -0.39 is 0 Å². The molecule has 0 bridgehead atoms. The first-order valence-corrected chi connectivity index (χ1v) is 20.5. The zero-order chi connectivity index (χ0) is 37.2. The van der Waals surface area contributed by atoms with E-state index in [1.165, 1.54) is 111 Å². The third-order valence-corrected chi connectivity index (χ3v) is 14.0. The molecule has 3 unspecified atom stereocenters. The molecule has 5 aliphatic rings. The van der Waals surface area contributed by atoms with Crippen molar-refractivity contribution in [2.45, 2.75) is 30.1 Å². The number of allylic oxidation sites excluding steroid dienone is 7. The van der Waals surface area contributed by atoms with Gasteiger partial charge >= 0.3 is 0 Å². The van der Waals surface area contributed by atoms with Crippen molar-refractivity contribution in [1.29, 1.82) is 0 Å². The predicted octanol–water partition coefficient (Wildman–Crippen LogP) is 14.2. The van der Waals surface area contributed by atoms with Gasteiger partial charge in [0.15, 0.2) is 0 Å². The SMILES string of the molecule is C1=CC(c2ccc(-c3ccccc3)cc2)C2=CCc3ccc(C4=CC=C5C(C4)c4ccccc4C54c5ccccc5-c5cccc6cccc4c56)c4ccc1c2c34. The van der Waals surface area contributed by atoms with Crippen molar-refractivity contribution >= 4 is 38.8 Å². The monoisotopic (exact) mass is 722 g/mol. The molecule has 0 aliphatic heterocycles. The van der Waals surface area contributed by atoms with Crippen molar-refractivity contribution in [3.8, 4) is 22.3 Å². The molecular weight excluding hydrogens is 685 g/mol. The minimum atomic E-state index is -0.333. The van der Waals surface area contributed by atoms with Gasteiger partial charge in [-0.3, -0.25) is 0 Å². The molecule has 0 saturated carbocycles. The number of hydrogen-bond donors (Lipinski definition) is 0. The molecule has 3 atom stereocenters. The first kappa shape index (κ1) is 31.4. The molecule has 0 radical (unpaired) electrons. The average Bonchev–Trinajstić information content (AvgIpc) is 3.57. The molecule has 13 rings (SSSR count). The summed E-state index contributed by atoms with van der Waals surface area (Å²) < 4.78 is 0. The Labute approximate surface area is 333 Å². The predicted molar refractivity (Wildman–Crippen MR) is 238 cm³/mol. The van der Waals surface area contributed by atoms with Crippen molar-refractivity contribution in [2.24, 2.45) is 0 Å². The Balaban J connectivity index is 0.961. The van der Waals surface area contributed by atoms with Crippen molar-refractivity contribution in [2.75, 3.05) is 0 Å². The topological polar surface area (TPSA) is 0 Å². The Morgan fingerprint density at radius 3 is 2.18 bits per heavy atom. The van der Waals surface area contributed by atoms with Gasteiger partial charge in [-0.1, -0.05) is 194 Å². The maximum Gasteiger partial charge on any atom is 0.0685 e. The van der Waals surface area contributed by atoms with E-state index in [4.69, 9.17) is 0 Å². The summed E-state index contributed by atoms with van der Waals surface area (Å²) >= 11 is 0. The van der Waals surface area contributed by atoms with Gasteiger partial charge in [0.2, 0.25) is 0 Å². The van der Waals surface area contributed by atoms with E-state index in [0.717, 1.165) is 12.8 Å². The van der Waals surface area contributed by atoms with Crippen LogP contribution in [0.1, 0.15) is 68.3 Å². The van der Waals surface area contributed by atoms with Crippen LogP contribution in [0.2, 0.25) is 0 Å². The van der Waals surface area contributed by atoms with E-state index in [1.54, 1.807) is 0 Å². The maximum atomic E-state index is 2.53. The van der Waals surface area contributed by atoms with Crippen LogP contribution in [-0.2, 0) is 11.8 Å². The van der Waals surface area contributed by atoms with E-state index in [-0.39, 0.29) is 17.3 Å². The third-order valence-electron chi connectivity index (χ3n) is 14.0. The fraction of sp³-hybridized carbons (Fsp3) is 0.0877. The van der Waals surface area contributed by atoms with Crippen LogP contribution in [0.25, 0.3) is 61.0 Å². The quantitative estimate of drug-likeness (QED) is 0.170. The standard InChI is InChI=1S/C57H38/c1-2-10-35(11-3-1)36-20-22-37(23-21-36)42-29-24-39-27-32-48-43(30-25-40-26-31-47(42)55(39)56(40)48)41-28-33-52-49(34-41)45-15-5-7-18-51(45)57(52)50-17-6-4-14-44(50)46-16-8-12-38-13-9-19-53(57)54(38)46/h1-25,27-33,42,49H,26,34H2. The maximum absolute atomic E-state index is 2.53. The second-order valence-corrected chi connectivity index (χ2v) is 16.6. The summed E-state index contributed by atoms with van der Waals surface area (Å²) in [7, 11) is 0. The number of hydrogen-bond acceptors (Lipinski definition) is 0. The van der Waals surface area contributed by atoms with Gasteiger partial charge in [-0.05, 0) is 123 Å². The lowest BCUT2D eigenvalue weighted by Crippen LogP contribution is -2.32. The Morgan fingerprint density at radius 1 is 0.526 bits per heavy atom. The van der Waals surface area contributed by atoms with Crippen molar-refractivity contribution in [3.05, 3.63) is 244 Å². The van der Waals surface area contributed by atoms with Gasteiger partial charge < -0.3 is 0 Å². The van der Waals surface area contributed by atoms with Crippen LogP contribution in [0.15, 0.2) is 194 Å². The van der Waals surface area contributed by atoms with Crippen LogP contribution in [0.3, 0.4) is 0 Å². The highest BCUT2D eigenvalue weighted by atomic mass is 14.5. The lowest BCUT2D eigenvalue weighted by atomic mass is 9.60. The average molecular weight is 723 g/mol. The Bertz CT molecular complexity index is 3160. The molecule has 0 heteroatoms. The summed E-state index contributed by atoms with van der Waals surface area (Å²) in [4.78, 5) is 0. The van der Waals surface area contributed by atoms with Crippen LogP contribution in [0.5, 0.6) is 0 Å². The fourth-order valence-electron chi connectivity index (χ4n) is 11.7. The Hall–Kier alpha value is -6.76. The zero-order valence-corrected chi connectivity index (χ0v) is 31.5. The Morgan fingerprint density at radius 2 is 1.28 bits per heavy atom. The molecule has 0 aromatic heterocycles. The van der Waals surface area contributed by atoms with E-state index >= 15 is 0 Å². The Kier molecular flexibility index (Phi) is 6.42. The van der Waals surface area contributed by atoms with Gasteiger partial charge in [-0.25, -0.2) is 0 Å². The van der Waals surface area contributed by atoms with Gasteiger partial charge in [0.25, 0.3) is 0 Å². The van der Waals surface area contributed by atoms with Crippen molar-refractivity contribution in [3.63, 3.8) is 0 Å². The van der Waals surface area contributed by atoms with Gasteiger partial charge in [0, 0.05) is 11.8 Å². The molecule has 0 fully saturated rings. The minimum absolute atomic E-state index is 0.239. The van der Waals surface area contributed by atoms with Gasteiger partial charge in [0.05, 0.1) is 5.41 Å². The van der Waals surface area contributed by atoms with Crippen LogP contribution >= 0.6 is 0 Å². The summed E-state index contributed by atoms with van der Waals surface area (Å²) in [5.41, 5.74) is 22.0. The summed E-state index contributed by atoms with van der Waals surface area (Å²) in [5.74, 6) is 0.528. The lowest BCUT2D eigenvalue weighted by Gasteiger charge is -2.41. The molecular formula is C57H38. The van der Waals surface area contributed by atoms with Crippen LogP contribution in [0, 0.1) is 0 Å². The van der Waals surface area contributed by atoms with Gasteiger partial charge in [-0.2, -0.15) is 0 Å². The van der Waals surface area contributed by atoms with Gasteiger partial charge in [0.1, 0.15) is 0 Å². The van der Waals surface area contributed by atoms with E-state index in [2.05, 4.69) is 194 Å². The van der Waals surface area contributed by atoms with Crippen LogP contribution < -0.4 is 0 Å². The molecule has 57 heavy (non-hydrogen) atoms. The van der Waals surface area contributed by atoms with Gasteiger partial charge in [-0.15, -0.1) is 0 Å². The highest BCUT2D eigenvalue weighted by Crippen LogP contribution is 2.65. The minimum Gasteiger partial charge on any atom is -0.0753 e. The molecule has 0 nitrogen and oxygen atoms in total. The smallest absolute Gasteiger partial charge is 0.0685 e. The van der Waals surface area contributed by atoms with E-state index in [1.807, 2.05) is 0 Å². The zero-order valence-electron chi connectivity index (χ0n) is 31.5. The molecule has 1 spiro atoms. The van der Waals surface area contributed by atoms with Crippen LogP contribution in [0.4, 0.5) is 0 Å². The number of benzene rings is 8. The molecule has 8 aromatic carbocycles.